The Hall–Kier alpha value is -5.05. The van der Waals surface area contributed by atoms with Crippen molar-refractivity contribution in [3.05, 3.63) is 90.6 Å². The van der Waals surface area contributed by atoms with Crippen molar-refractivity contribution < 1.29 is 23.5 Å². The van der Waals surface area contributed by atoms with E-state index in [9.17, 15) is 9.59 Å². The molecule has 5 rings (SSSR count). The molecule has 3 heterocycles. The number of hydrogen-bond donors (Lipinski definition) is 2. The summed E-state index contributed by atoms with van der Waals surface area (Å²) in [6.45, 7) is -0.0231. The van der Waals surface area contributed by atoms with Crippen LogP contribution in [0.3, 0.4) is 0 Å². The van der Waals surface area contributed by atoms with Crippen LogP contribution in [0.5, 0.6) is 5.75 Å². The van der Waals surface area contributed by atoms with Gasteiger partial charge in [0.2, 0.25) is 0 Å². The molecule has 3 aromatic heterocycles. The van der Waals surface area contributed by atoms with Gasteiger partial charge >= 0.3 is 6.09 Å². The van der Waals surface area contributed by atoms with Crippen molar-refractivity contribution in [3.8, 4) is 28.0 Å². The van der Waals surface area contributed by atoms with Crippen LogP contribution in [0.25, 0.3) is 33.3 Å². The summed E-state index contributed by atoms with van der Waals surface area (Å²) < 4.78 is 16.0. The number of anilines is 1. The summed E-state index contributed by atoms with van der Waals surface area (Å²) >= 11 is 0. The fraction of sp³-hybridized carbons (Fsp3) is 0.138. The molecule has 0 unspecified atom stereocenters. The number of hydrogen-bond acceptors (Lipinski definition) is 6. The average Bonchev–Trinajstić information content (AvgIpc) is 3.61. The highest BCUT2D eigenvalue weighted by atomic mass is 16.6. The zero-order valence-corrected chi connectivity index (χ0v) is 21.1. The normalized spacial score (nSPS) is 10.8. The minimum atomic E-state index is -0.696. The molecule has 5 aromatic rings. The molecule has 0 bridgehead atoms. The SMILES string of the molecule is COc1ccccc1-c1c[nH]c2ncc(-c3ccc(NC(=O)OCc4ccco4)c(C(=O)N(C)C)c3)cc12. The van der Waals surface area contributed by atoms with Gasteiger partial charge in [-0.25, -0.2) is 9.78 Å². The summed E-state index contributed by atoms with van der Waals surface area (Å²) in [5, 5.41) is 3.58. The standard InChI is InChI=1S/C29H26N4O5/c1-33(2)28(34)23-13-18(10-11-25(23)32-29(35)38-17-20-7-6-12-37-20)19-14-22-24(16-31-27(22)30-15-19)21-8-4-5-9-26(21)36-3/h4-16H,17H2,1-3H3,(H,30,31)(H,32,35). The monoisotopic (exact) mass is 510 g/mol. The van der Waals surface area contributed by atoms with Crippen LogP contribution in [0, 0.1) is 0 Å². The Morgan fingerprint density at radius 2 is 1.87 bits per heavy atom. The van der Waals surface area contributed by atoms with Crippen molar-refractivity contribution in [2.75, 3.05) is 26.5 Å². The largest absolute Gasteiger partial charge is 0.496 e. The molecular formula is C29H26N4O5. The second-order valence-corrected chi connectivity index (χ2v) is 8.76. The quantitative estimate of drug-likeness (QED) is 0.280. The molecule has 0 aliphatic carbocycles. The number of carbonyl (C=O) groups excluding carboxylic acids is 2. The Kier molecular flexibility index (Phi) is 6.82. The van der Waals surface area contributed by atoms with E-state index in [1.807, 2.05) is 42.6 Å². The molecule has 9 heteroatoms. The van der Waals surface area contributed by atoms with Crippen LogP contribution in [0.2, 0.25) is 0 Å². The lowest BCUT2D eigenvalue weighted by Crippen LogP contribution is -2.24. The topological polar surface area (TPSA) is 110 Å². The number of aromatic nitrogens is 2. The maximum atomic E-state index is 13.0. The summed E-state index contributed by atoms with van der Waals surface area (Å²) in [6, 6.07) is 18.5. The lowest BCUT2D eigenvalue weighted by Gasteiger charge is -2.16. The average molecular weight is 511 g/mol. The molecule has 0 fully saturated rings. The number of amides is 2. The van der Waals surface area contributed by atoms with E-state index in [1.165, 1.54) is 11.2 Å². The molecule has 2 N–H and O–H groups in total. The van der Waals surface area contributed by atoms with Crippen molar-refractivity contribution in [1.82, 2.24) is 14.9 Å². The number of pyridine rings is 1. The number of aromatic amines is 1. The highest BCUT2D eigenvalue weighted by Crippen LogP contribution is 2.36. The Balaban J connectivity index is 1.49. The fourth-order valence-electron chi connectivity index (χ4n) is 4.18. The maximum absolute atomic E-state index is 13.0. The van der Waals surface area contributed by atoms with Gasteiger partial charge < -0.3 is 23.8 Å². The number of nitrogens with zero attached hydrogens (tertiary/aromatic N) is 2. The predicted molar refractivity (Wildman–Crippen MR) is 144 cm³/mol. The van der Waals surface area contributed by atoms with Gasteiger partial charge in [-0.2, -0.15) is 0 Å². The Morgan fingerprint density at radius 1 is 1.03 bits per heavy atom. The smallest absolute Gasteiger partial charge is 0.412 e. The van der Waals surface area contributed by atoms with Gasteiger partial charge in [0.25, 0.3) is 5.91 Å². The summed E-state index contributed by atoms with van der Waals surface area (Å²) in [5.41, 5.74) is 4.87. The molecule has 0 aliphatic rings. The molecule has 9 nitrogen and oxygen atoms in total. The van der Waals surface area contributed by atoms with Gasteiger partial charge in [-0.05, 0) is 42.0 Å². The fourth-order valence-corrected chi connectivity index (χ4v) is 4.18. The van der Waals surface area contributed by atoms with E-state index in [0.717, 1.165) is 39.0 Å². The Bertz CT molecular complexity index is 1600. The van der Waals surface area contributed by atoms with Crippen molar-refractivity contribution >= 4 is 28.7 Å². The van der Waals surface area contributed by atoms with Crippen molar-refractivity contribution in [2.24, 2.45) is 0 Å². The number of methoxy groups -OCH3 is 1. The van der Waals surface area contributed by atoms with Gasteiger partial charge in [0.15, 0.2) is 6.61 Å². The predicted octanol–water partition coefficient (Wildman–Crippen LogP) is 5.95. The molecule has 0 spiro atoms. The third-order valence-corrected chi connectivity index (χ3v) is 6.08. The van der Waals surface area contributed by atoms with Crippen LogP contribution < -0.4 is 10.1 Å². The van der Waals surface area contributed by atoms with E-state index in [0.29, 0.717) is 17.0 Å². The molecule has 192 valence electrons. The lowest BCUT2D eigenvalue weighted by atomic mass is 9.99. The van der Waals surface area contributed by atoms with Crippen LogP contribution in [-0.4, -0.2) is 48.1 Å². The van der Waals surface area contributed by atoms with E-state index >= 15 is 0 Å². The van der Waals surface area contributed by atoms with Crippen LogP contribution >= 0.6 is 0 Å². The van der Waals surface area contributed by atoms with Gasteiger partial charge in [0, 0.05) is 48.6 Å². The summed E-state index contributed by atoms with van der Waals surface area (Å²) in [5.74, 6) is 1.01. The van der Waals surface area contributed by atoms with Gasteiger partial charge in [-0.1, -0.05) is 24.3 Å². The number of nitrogens with one attached hydrogen (secondary N) is 2. The number of fused-ring (bicyclic) bond motifs is 1. The number of para-hydroxylation sites is 1. The molecule has 2 amide bonds. The number of furan rings is 1. The molecule has 0 atom stereocenters. The zero-order chi connectivity index (χ0) is 26.6. The van der Waals surface area contributed by atoms with Gasteiger partial charge in [0.1, 0.15) is 17.2 Å². The van der Waals surface area contributed by atoms with E-state index < -0.39 is 6.09 Å². The summed E-state index contributed by atoms with van der Waals surface area (Å²) in [4.78, 5) is 34.7. The molecular weight excluding hydrogens is 484 g/mol. The molecule has 0 aliphatic heterocycles. The number of ether oxygens (including phenoxy) is 2. The summed E-state index contributed by atoms with van der Waals surface area (Å²) in [6.07, 6.45) is 4.46. The first-order valence-corrected chi connectivity index (χ1v) is 11.9. The first kappa shape index (κ1) is 24.6. The lowest BCUT2D eigenvalue weighted by molar-refractivity contribution is 0.0828. The zero-order valence-electron chi connectivity index (χ0n) is 21.1. The number of H-pyrrole nitrogens is 1. The van der Waals surface area contributed by atoms with Gasteiger partial charge in [-0.3, -0.25) is 10.1 Å². The number of rotatable bonds is 7. The van der Waals surface area contributed by atoms with Crippen LogP contribution in [0.4, 0.5) is 10.5 Å². The number of carbonyl (C=O) groups is 2. The van der Waals surface area contributed by atoms with Crippen molar-refractivity contribution in [3.63, 3.8) is 0 Å². The second-order valence-electron chi connectivity index (χ2n) is 8.76. The molecule has 38 heavy (non-hydrogen) atoms. The third-order valence-electron chi connectivity index (χ3n) is 6.08. The third kappa shape index (κ3) is 4.94. The molecule has 0 saturated heterocycles. The van der Waals surface area contributed by atoms with Crippen molar-refractivity contribution in [2.45, 2.75) is 6.61 Å². The van der Waals surface area contributed by atoms with E-state index in [2.05, 4.69) is 15.3 Å². The van der Waals surface area contributed by atoms with Crippen LogP contribution in [0.1, 0.15) is 16.1 Å². The highest BCUT2D eigenvalue weighted by molar-refractivity contribution is 6.04. The van der Waals surface area contributed by atoms with Gasteiger partial charge in [-0.15, -0.1) is 0 Å². The van der Waals surface area contributed by atoms with Gasteiger partial charge in [0.05, 0.1) is 24.6 Å². The first-order valence-electron chi connectivity index (χ1n) is 11.9. The minimum Gasteiger partial charge on any atom is -0.496 e. The summed E-state index contributed by atoms with van der Waals surface area (Å²) in [7, 11) is 4.95. The van der Waals surface area contributed by atoms with E-state index in [4.69, 9.17) is 13.9 Å². The molecule has 0 radical (unpaired) electrons. The Labute approximate surface area is 219 Å². The molecule has 0 saturated carbocycles. The second kappa shape index (κ2) is 10.5. The highest BCUT2D eigenvalue weighted by Gasteiger charge is 2.19. The van der Waals surface area contributed by atoms with Crippen LogP contribution in [0.15, 0.2) is 83.7 Å². The minimum absolute atomic E-state index is 0.0231. The first-order chi connectivity index (χ1) is 18.4. The van der Waals surface area contributed by atoms with Crippen LogP contribution in [-0.2, 0) is 11.3 Å². The Morgan fingerprint density at radius 3 is 2.63 bits per heavy atom. The number of benzene rings is 2. The molecule has 2 aromatic carbocycles. The van der Waals surface area contributed by atoms with E-state index in [1.54, 1.807) is 51.7 Å². The van der Waals surface area contributed by atoms with E-state index in [-0.39, 0.29) is 12.5 Å². The maximum Gasteiger partial charge on any atom is 0.412 e. The van der Waals surface area contributed by atoms with Crippen molar-refractivity contribution in [1.29, 1.82) is 0 Å².